The second kappa shape index (κ2) is 4.14. The highest BCUT2D eigenvalue weighted by molar-refractivity contribution is 6.21. The first-order valence-corrected chi connectivity index (χ1v) is 4.19. The molecule has 3 heteroatoms. The molecule has 0 spiro atoms. The summed E-state index contributed by atoms with van der Waals surface area (Å²) in [6.07, 6.45) is 2.51. The highest BCUT2D eigenvalue weighted by atomic mass is 35.5. The van der Waals surface area contributed by atoms with E-state index in [9.17, 15) is 4.39 Å². The molecule has 1 N–H and O–H groups in total. The fourth-order valence-corrected chi connectivity index (χ4v) is 1.29. The van der Waals surface area contributed by atoms with Gasteiger partial charge >= 0.3 is 0 Å². The molecule has 0 aromatic carbocycles. The number of hydrogen-bond donors (Lipinski definition) is 1. The molecule has 1 nitrogen and oxygen atoms in total. The topological polar surface area (TPSA) is 12.0 Å². The number of hydrogen-bond acceptors (Lipinski definition) is 1. The van der Waals surface area contributed by atoms with E-state index in [1.54, 1.807) is 0 Å². The van der Waals surface area contributed by atoms with E-state index in [0.717, 1.165) is 6.54 Å². The molecule has 0 amide bonds. The predicted molar refractivity (Wildman–Crippen MR) is 41.2 cm³/mol. The fourth-order valence-electron chi connectivity index (χ4n) is 0.931. The highest BCUT2D eigenvalue weighted by Gasteiger charge is 2.28. The third kappa shape index (κ3) is 2.84. The molecule has 1 aliphatic carbocycles. The number of halogens is 2. The standard InChI is InChI=1S/C7H13ClFN/c8-7(6-1-2-6)5-10-4-3-9/h6-7,10H,1-5H2. The second-order valence-electron chi connectivity index (χ2n) is 2.75. The van der Waals surface area contributed by atoms with Crippen molar-refractivity contribution >= 4 is 11.6 Å². The quantitative estimate of drug-likeness (QED) is 0.482. The molecule has 0 radical (unpaired) electrons. The van der Waals surface area contributed by atoms with Gasteiger partial charge < -0.3 is 5.32 Å². The molecule has 0 aromatic rings. The first-order valence-electron chi connectivity index (χ1n) is 3.75. The van der Waals surface area contributed by atoms with Crippen LogP contribution in [0, 0.1) is 5.92 Å². The molecule has 0 bridgehead atoms. The molecular weight excluding hydrogens is 153 g/mol. The van der Waals surface area contributed by atoms with E-state index in [-0.39, 0.29) is 12.1 Å². The van der Waals surface area contributed by atoms with Crippen LogP contribution in [0.1, 0.15) is 12.8 Å². The second-order valence-corrected chi connectivity index (χ2v) is 3.31. The van der Waals surface area contributed by atoms with Gasteiger partial charge in [-0.25, -0.2) is 4.39 Å². The van der Waals surface area contributed by atoms with Crippen molar-refractivity contribution in [3.05, 3.63) is 0 Å². The summed E-state index contributed by atoms with van der Waals surface area (Å²) in [6, 6.07) is 0. The van der Waals surface area contributed by atoms with Crippen LogP contribution in [0.2, 0.25) is 0 Å². The van der Waals surface area contributed by atoms with Crippen molar-refractivity contribution in [2.24, 2.45) is 5.92 Å². The van der Waals surface area contributed by atoms with Crippen molar-refractivity contribution in [3.63, 3.8) is 0 Å². The lowest BCUT2D eigenvalue weighted by Gasteiger charge is -2.06. The van der Waals surface area contributed by atoms with Gasteiger partial charge in [-0.1, -0.05) is 0 Å². The number of nitrogens with one attached hydrogen (secondary N) is 1. The average Bonchev–Trinajstić information content (AvgIpc) is 2.69. The van der Waals surface area contributed by atoms with Gasteiger partial charge in [0.1, 0.15) is 6.67 Å². The minimum absolute atomic E-state index is 0.228. The van der Waals surface area contributed by atoms with E-state index < -0.39 is 0 Å². The van der Waals surface area contributed by atoms with Crippen LogP contribution in [0.5, 0.6) is 0 Å². The van der Waals surface area contributed by atoms with Gasteiger partial charge in [-0.05, 0) is 18.8 Å². The summed E-state index contributed by atoms with van der Waals surface area (Å²) in [7, 11) is 0. The maximum atomic E-state index is 11.6. The largest absolute Gasteiger partial charge is 0.313 e. The summed E-state index contributed by atoms with van der Waals surface area (Å²) in [4.78, 5) is 0. The number of rotatable bonds is 5. The Hall–Kier alpha value is 0.180. The Kier molecular flexibility index (Phi) is 3.43. The highest BCUT2D eigenvalue weighted by Crippen LogP contribution is 2.35. The summed E-state index contributed by atoms with van der Waals surface area (Å²) in [6.45, 7) is 0.903. The van der Waals surface area contributed by atoms with Gasteiger partial charge in [-0.15, -0.1) is 11.6 Å². The summed E-state index contributed by atoms with van der Waals surface area (Å²) in [5.74, 6) is 0.703. The van der Waals surface area contributed by atoms with Crippen molar-refractivity contribution in [2.75, 3.05) is 19.8 Å². The first kappa shape index (κ1) is 8.28. The molecule has 1 saturated carbocycles. The summed E-state index contributed by atoms with van der Waals surface area (Å²) in [5, 5.41) is 3.18. The minimum atomic E-state index is -0.297. The van der Waals surface area contributed by atoms with Crippen molar-refractivity contribution in [3.8, 4) is 0 Å². The van der Waals surface area contributed by atoms with E-state index in [1.165, 1.54) is 12.8 Å². The van der Waals surface area contributed by atoms with Crippen LogP contribution in [0.4, 0.5) is 4.39 Å². The van der Waals surface area contributed by atoms with E-state index in [4.69, 9.17) is 11.6 Å². The maximum absolute atomic E-state index is 11.6. The fraction of sp³-hybridized carbons (Fsp3) is 1.00. The van der Waals surface area contributed by atoms with E-state index >= 15 is 0 Å². The first-order chi connectivity index (χ1) is 4.84. The van der Waals surface area contributed by atoms with Gasteiger partial charge in [0, 0.05) is 18.5 Å². The molecule has 1 aliphatic rings. The molecule has 0 heterocycles. The SMILES string of the molecule is FCCNCC(Cl)C1CC1. The van der Waals surface area contributed by atoms with Gasteiger partial charge in [0.25, 0.3) is 0 Å². The van der Waals surface area contributed by atoms with Crippen LogP contribution in [0.3, 0.4) is 0 Å². The molecule has 1 atom stereocenters. The third-order valence-corrected chi connectivity index (χ3v) is 2.25. The Bertz CT molecular complexity index is 95.6. The van der Waals surface area contributed by atoms with Gasteiger partial charge in [0.2, 0.25) is 0 Å². The molecular formula is C7H13ClFN. The van der Waals surface area contributed by atoms with E-state index in [2.05, 4.69) is 5.32 Å². The van der Waals surface area contributed by atoms with Crippen molar-refractivity contribution < 1.29 is 4.39 Å². The molecule has 1 fully saturated rings. The van der Waals surface area contributed by atoms with Gasteiger partial charge in [0.05, 0.1) is 0 Å². The van der Waals surface area contributed by atoms with Crippen LogP contribution in [0.25, 0.3) is 0 Å². The lowest BCUT2D eigenvalue weighted by atomic mass is 10.3. The maximum Gasteiger partial charge on any atom is 0.102 e. The Morgan fingerprint density at radius 2 is 2.30 bits per heavy atom. The van der Waals surface area contributed by atoms with Crippen LogP contribution in [-0.4, -0.2) is 25.1 Å². The van der Waals surface area contributed by atoms with Gasteiger partial charge in [-0.3, -0.25) is 0 Å². The zero-order chi connectivity index (χ0) is 7.40. The normalized spacial score (nSPS) is 21.0. The monoisotopic (exact) mass is 165 g/mol. The molecule has 1 unspecified atom stereocenters. The predicted octanol–water partition coefficient (Wildman–Crippen LogP) is 1.56. The van der Waals surface area contributed by atoms with Crippen LogP contribution < -0.4 is 5.32 Å². The van der Waals surface area contributed by atoms with Crippen molar-refractivity contribution in [1.29, 1.82) is 0 Å². The van der Waals surface area contributed by atoms with Crippen LogP contribution in [0.15, 0.2) is 0 Å². The Morgan fingerprint density at radius 3 is 2.80 bits per heavy atom. The van der Waals surface area contributed by atoms with Crippen LogP contribution in [-0.2, 0) is 0 Å². The molecule has 0 saturated heterocycles. The lowest BCUT2D eigenvalue weighted by Crippen LogP contribution is -2.26. The Labute approximate surface area is 65.9 Å². The molecule has 0 aliphatic heterocycles. The van der Waals surface area contributed by atoms with Gasteiger partial charge in [0.15, 0.2) is 0 Å². The van der Waals surface area contributed by atoms with Crippen molar-refractivity contribution in [2.45, 2.75) is 18.2 Å². The van der Waals surface area contributed by atoms with E-state index in [1.807, 2.05) is 0 Å². The Morgan fingerprint density at radius 1 is 1.60 bits per heavy atom. The summed E-state index contributed by atoms with van der Waals surface area (Å²) < 4.78 is 11.6. The lowest BCUT2D eigenvalue weighted by molar-refractivity contribution is 0.463. The Balaban J connectivity index is 1.90. The molecule has 0 aromatic heterocycles. The van der Waals surface area contributed by atoms with Crippen LogP contribution >= 0.6 is 11.6 Å². The molecule has 10 heavy (non-hydrogen) atoms. The summed E-state index contributed by atoms with van der Waals surface area (Å²) >= 11 is 5.93. The molecule has 1 rings (SSSR count). The number of alkyl halides is 2. The minimum Gasteiger partial charge on any atom is -0.313 e. The van der Waals surface area contributed by atoms with Gasteiger partial charge in [-0.2, -0.15) is 0 Å². The summed E-state index contributed by atoms with van der Waals surface area (Å²) in [5.41, 5.74) is 0. The molecule has 60 valence electrons. The average molecular weight is 166 g/mol. The smallest absolute Gasteiger partial charge is 0.102 e. The zero-order valence-corrected chi connectivity index (χ0v) is 6.70. The zero-order valence-electron chi connectivity index (χ0n) is 5.95. The third-order valence-electron chi connectivity index (χ3n) is 1.74. The van der Waals surface area contributed by atoms with E-state index in [0.29, 0.717) is 12.5 Å². The van der Waals surface area contributed by atoms with Crippen molar-refractivity contribution in [1.82, 2.24) is 5.32 Å².